The van der Waals surface area contributed by atoms with Gasteiger partial charge in [0.1, 0.15) is 6.61 Å². The van der Waals surface area contributed by atoms with Crippen molar-refractivity contribution in [3.05, 3.63) is 51.3 Å². The number of esters is 2. The zero-order valence-electron chi connectivity index (χ0n) is 21.6. The molecule has 1 N–H and O–H groups in total. The van der Waals surface area contributed by atoms with E-state index in [-0.39, 0.29) is 36.7 Å². The molecule has 10 nitrogen and oxygen atoms in total. The van der Waals surface area contributed by atoms with Crippen LogP contribution in [0.3, 0.4) is 0 Å². The lowest BCUT2D eigenvalue weighted by molar-refractivity contribution is -0.188. The third-order valence-electron chi connectivity index (χ3n) is 7.71. The van der Waals surface area contributed by atoms with E-state index in [0.29, 0.717) is 34.7 Å². The van der Waals surface area contributed by atoms with E-state index in [4.69, 9.17) is 14.5 Å². The third kappa shape index (κ3) is 3.28. The molecule has 0 spiro atoms. The molecule has 0 saturated carbocycles. The van der Waals surface area contributed by atoms with Gasteiger partial charge in [-0.3, -0.25) is 14.5 Å². The Morgan fingerprint density at radius 2 is 2.00 bits per heavy atom. The number of rotatable bonds is 6. The quantitative estimate of drug-likeness (QED) is 0.301. The van der Waals surface area contributed by atoms with Crippen molar-refractivity contribution in [2.24, 2.45) is 0 Å². The number of carbonyl (C=O) groups is 3. The number of hydrogen-bond donors (Lipinski definition) is 1. The Kier molecular flexibility index (Phi) is 5.51. The number of unbranched alkanes of at least 4 members (excludes halogenated alkanes) is 2. The van der Waals surface area contributed by atoms with Crippen LogP contribution in [0.4, 0.5) is 16.2 Å². The predicted molar refractivity (Wildman–Crippen MR) is 140 cm³/mol. The van der Waals surface area contributed by atoms with Gasteiger partial charge in [0.15, 0.2) is 0 Å². The average Bonchev–Trinajstić information content (AvgIpc) is 3.26. The Morgan fingerprint density at radius 3 is 2.74 bits per heavy atom. The maximum absolute atomic E-state index is 13.8. The highest BCUT2D eigenvalue weighted by Gasteiger charge is 2.50. The van der Waals surface area contributed by atoms with Gasteiger partial charge in [-0.1, -0.05) is 32.8 Å². The van der Waals surface area contributed by atoms with Gasteiger partial charge in [-0.2, -0.15) is 0 Å². The van der Waals surface area contributed by atoms with Crippen LogP contribution < -0.4 is 15.8 Å². The predicted octanol–water partition coefficient (Wildman–Crippen LogP) is 4.19. The van der Waals surface area contributed by atoms with Gasteiger partial charge in [-0.05, 0) is 31.0 Å². The van der Waals surface area contributed by atoms with E-state index in [1.165, 1.54) is 6.92 Å². The Hall–Kier alpha value is -4.21. The first-order valence-electron chi connectivity index (χ1n) is 13.0. The second-order valence-corrected chi connectivity index (χ2v) is 9.94. The van der Waals surface area contributed by atoms with Crippen LogP contribution in [0.1, 0.15) is 63.1 Å². The van der Waals surface area contributed by atoms with E-state index < -0.39 is 17.5 Å². The van der Waals surface area contributed by atoms with Gasteiger partial charge in [0, 0.05) is 30.0 Å². The summed E-state index contributed by atoms with van der Waals surface area (Å²) in [7, 11) is 0. The number of anilines is 2. The van der Waals surface area contributed by atoms with E-state index in [9.17, 15) is 19.2 Å². The number of cyclic esters (lactones) is 1. The number of amides is 2. The first-order valence-corrected chi connectivity index (χ1v) is 13.0. The van der Waals surface area contributed by atoms with E-state index in [2.05, 4.69) is 12.2 Å². The maximum Gasteiger partial charge on any atom is 0.355 e. The minimum Gasteiger partial charge on any atom is -0.457 e. The fraction of sp³-hybridized carbons (Fsp3) is 0.393. The molecule has 196 valence electrons. The lowest BCUT2D eigenvalue weighted by atomic mass is 9.85. The number of hydrogen-bond acceptors (Lipinski definition) is 7. The van der Waals surface area contributed by atoms with Crippen LogP contribution >= 0.6 is 0 Å². The molecule has 1 aromatic carbocycles. The number of aromatic nitrogens is 2. The summed E-state index contributed by atoms with van der Waals surface area (Å²) in [6.45, 7) is 5.60. The minimum absolute atomic E-state index is 0.110. The molecule has 5 heterocycles. The summed E-state index contributed by atoms with van der Waals surface area (Å²) in [5.74, 6) is -1.34. The fourth-order valence-electron chi connectivity index (χ4n) is 5.93. The summed E-state index contributed by atoms with van der Waals surface area (Å²) in [5, 5.41) is 3.83. The van der Waals surface area contributed by atoms with Crippen LogP contribution in [0.25, 0.3) is 22.3 Å². The van der Waals surface area contributed by atoms with Gasteiger partial charge >= 0.3 is 18.0 Å². The molecular weight excluding hydrogens is 488 g/mol. The Labute approximate surface area is 218 Å². The van der Waals surface area contributed by atoms with Gasteiger partial charge in [-0.15, -0.1) is 0 Å². The van der Waals surface area contributed by atoms with Crippen LogP contribution in [-0.2, 0) is 37.8 Å². The largest absolute Gasteiger partial charge is 0.457 e. The Morgan fingerprint density at radius 1 is 1.18 bits per heavy atom. The number of nitrogens with one attached hydrogen (secondary N) is 1. The zero-order valence-corrected chi connectivity index (χ0v) is 21.6. The van der Waals surface area contributed by atoms with E-state index in [1.54, 1.807) is 22.5 Å². The zero-order chi connectivity index (χ0) is 26.8. The number of fused-ring (bicyclic) bond motifs is 5. The molecule has 0 saturated heterocycles. The number of carbonyl (C=O) groups excluding carboxylic acids is 3. The van der Waals surface area contributed by atoms with E-state index in [1.807, 2.05) is 18.2 Å². The second-order valence-electron chi connectivity index (χ2n) is 9.94. The summed E-state index contributed by atoms with van der Waals surface area (Å²) in [6.07, 6.45) is 2.95. The summed E-state index contributed by atoms with van der Waals surface area (Å²) < 4.78 is 12.5. The van der Waals surface area contributed by atoms with Crippen molar-refractivity contribution >= 4 is 40.2 Å². The van der Waals surface area contributed by atoms with Gasteiger partial charge in [0.2, 0.25) is 5.60 Å². The molecule has 2 aromatic heterocycles. The molecule has 0 unspecified atom stereocenters. The van der Waals surface area contributed by atoms with E-state index >= 15 is 0 Å². The molecule has 10 heteroatoms. The first kappa shape index (κ1) is 24.1. The Balaban J connectivity index is 1.61. The Bertz CT molecular complexity index is 1610. The van der Waals surface area contributed by atoms with Crippen molar-refractivity contribution in [1.29, 1.82) is 0 Å². The van der Waals surface area contributed by atoms with Crippen molar-refractivity contribution < 1.29 is 23.9 Å². The standard InChI is InChI=1S/C28H28N4O6/c1-4-6-7-11-31-24-16-13-32-21(23(16)29-19-9-8-10-20(22(19)24)30-27(31)36)12-18-17(25(32)34)14-37-26(35)28(18,5-2)38-15(3)33/h8-10,12H,4-7,11,13-14H2,1-3H3,(H,30,36)/t28-/m0/s1. The lowest BCUT2D eigenvalue weighted by Crippen LogP contribution is -2.47. The first-order chi connectivity index (χ1) is 18.3. The second kappa shape index (κ2) is 8.68. The highest BCUT2D eigenvalue weighted by Crippen LogP contribution is 2.47. The molecule has 1 atom stereocenters. The molecule has 0 fully saturated rings. The van der Waals surface area contributed by atoms with Crippen LogP contribution in [-0.4, -0.2) is 34.1 Å². The SMILES string of the molecule is CCCCCN1C(=O)Nc2cccc3nc4c(c1c23)Cn1c-4cc2c(c1=O)COC(=O)[C@@]2(CC)OC(C)=O. The number of nitrogens with zero attached hydrogens (tertiary/aromatic N) is 3. The minimum atomic E-state index is -1.71. The molecule has 6 rings (SSSR count). The maximum atomic E-state index is 13.8. The molecule has 0 bridgehead atoms. The molecule has 2 amide bonds. The normalized spacial score (nSPS) is 19.0. The number of benzene rings is 1. The molecule has 3 aliphatic heterocycles. The molecule has 3 aromatic rings. The topological polar surface area (TPSA) is 120 Å². The summed E-state index contributed by atoms with van der Waals surface area (Å²) in [4.78, 5) is 58.7. The monoisotopic (exact) mass is 516 g/mol. The van der Waals surface area contributed by atoms with E-state index in [0.717, 1.165) is 35.9 Å². The smallest absolute Gasteiger partial charge is 0.355 e. The number of pyridine rings is 2. The van der Waals surface area contributed by atoms with Crippen LogP contribution in [0.2, 0.25) is 0 Å². The number of ether oxygens (including phenoxy) is 2. The van der Waals surface area contributed by atoms with Crippen molar-refractivity contribution in [2.45, 2.75) is 65.2 Å². The highest BCUT2D eigenvalue weighted by molar-refractivity contribution is 6.19. The molecular formula is C28H28N4O6. The van der Waals surface area contributed by atoms with Gasteiger partial charge in [-0.25, -0.2) is 14.6 Å². The molecule has 0 aliphatic carbocycles. The van der Waals surface area contributed by atoms with Gasteiger partial charge < -0.3 is 19.4 Å². The van der Waals surface area contributed by atoms with Crippen molar-refractivity contribution in [2.75, 3.05) is 16.8 Å². The van der Waals surface area contributed by atoms with Crippen molar-refractivity contribution in [1.82, 2.24) is 9.55 Å². The average molecular weight is 517 g/mol. The van der Waals surface area contributed by atoms with Crippen molar-refractivity contribution in [3.8, 4) is 11.4 Å². The van der Waals surface area contributed by atoms with Crippen LogP contribution in [0.15, 0.2) is 29.1 Å². The van der Waals surface area contributed by atoms with Gasteiger partial charge in [0.25, 0.3) is 5.56 Å². The molecule has 38 heavy (non-hydrogen) atoms. The fourth-order valence-corrected chi connectivity index (χ4v) is 5.93. The lowest BCUT2D eigenvalue weighted by Gasteiger charge is -2.35. The molecule has 3 aliphatic rings. The summed E-state index contributed by atoms with van der Waals surface area (Å²) in [6, 6.07) is 7.09. The van der Waals surface area contributed by atoms with Crippen molar-refractivity contribution in [3.63, 3.8) is 0 Å². The van der Waals surface area contributed by atoms with Crippen LogP contribution in [0.5, 0.6) is 0 Å². The summed E-state index contributed by atoms with van der Waals surface area (Å²) in [5.41, 5.74) is 2.58. The van der Waals surface area contributed by atoms with Crippen LogP contribution in [0, 0.1) is 0 Å². The third-order valence-corrected chi connectivity index (χ3v) is 7.71. The summed E-state index contributed by atoms with van der Waals surface area (Å²) >= 11 is 0. The van der Waals surface area contributed by atoms with Gasteiger partial charge in [0.05, 0.1) is 40.4 Å². The number of urea groups is 1. The molecule has 0 radical (unpaired) electrons. The highest BCUT2D eigenvalue weighted by atomic mass is 16.6.